The average molecular weight is 252 g/mol. The summed E-state index contributed by atoms with van der Waals surface area (Å²) in [4.78, 5) is 11.0. The van der Waals surface area contributed by atoms with Gasteiger partial charge in [-0.15, -0.1) is 0 Å². The maximum absolute atomic E-state index is 11.0. The minimum absolute atomic E-state index is 0.310. The molecule has 2 nitrogen and oxygen atoms in total. The van der Waals surface area contributed by atoms with E-state index < -0.39 is 0 Å². The highest BCUT2D eigenvalue weighted by Crippen LogP contribution is 2.08. The lowest BCUT2D eigenvalue weighted by Gasteiger charge is -2.00. The lowest BCUT2D eigenvalue weighted by Crippen LogP contribution is -2.04. The van der Waals surface area contributed by atoms with Gasteiger partial charge in [0.15, 0.2) is 0 Å². The molecule has 0 aliphatic rings. The minimum Gasteiger partial charge on any atom is -0.458 e. The lowest BCUT2D eigenvalue weighted by molar-refractivity contribution is -0.137. The van der Waals surface area contributed by atoms with Crippen LogP contribution in [0.2, 0.25) is 0 Å². The quantitative estimate of drug-likeness (QED) is 0.228. The number of esters is 1. The molecule has 0 aromatic carbocycles. The van der Waals surface area contributed by atoms with Gasteiger partial charge in [-0.05, 0) is 19.8 Å². The standard InChI is InChI=1S/C16H28O2/c1-4-5-6-7-8-9-10-11-12-13-14-18-16(17)15(2)3/h12-13H,2,4-11,14H2,1,3H3. The number of hydrogen-bond acceptors (Lipinski definition) is 2. The van der Waals surface area contributed by atoms with Crippen LogP contribution < -0.4 is 0 Å². The van der Waals surface area contributed by atoms with Gasteiger partial charge in [0.25, 0.3) is 0 Å². The van der Waals surface area contributed by atoms with E-state index in [1.54, 1.807) is 6.92 Å². The van der Waals surface area contributed by atoms with E-state index in [2.05, 4.69) is 19.6 Å². The van der Waals surface area contributed by atoms with Crippen LogP contribution in [0.5, 0.6) is 0 Å². The number of allylic oxidation sites excluding steroid dienone is 1. The molecule has 104 valence electrons. The van der Waals surface area contributed by atoms with E-state index in [9.17, 15) is 4.79 Å². The van der Waals surface area contributed by atoms with Crippen LogP contribution in [0, 0.1) is 0 Å². The van der Waals surface area contributed by atoms with Gasteiger partial charge in [-0.1, -0.05) is 64.2 Å². The first-order valence-electron chi connectivity index (χ1n) is 7.16. The molecule has 0 aliphatic carbocycles. The zero-order valence-corrected chi connectivity index (χ0v) is 12.0. The van der Waals surface area contributed by atoms with Gasteiger partial charge in [-0.3, -0.25) is 0 Å². The van der Waals surface area contributed by atoms with Crippen LogP contribution in [0.4, 0.5) is 0 Å². The van der Waals surface area contributed by atoms with Gasteiger partial charge >= 0.3 is 5.97 Å². The van der Waals surface area contributed by atoms with Gasteiger partial charge in [-0.2, -0.15) is 0 Å². The number of carbonyl (C=O) groups is 1. The SMILES string of the molecule is C=C(C)C(=O)OCC=CCCCCCCCCC. The number of carbonyl (C=O) groups excluding carboxylic acids is 1. The molecule has 0 aliphatic heterocycles. The second-order valence-electron chi connectivity index (χ2n) is 4.76. The van der Waals surface area contributed by atoms with Crippen molar-refractivity contribution in [3.8, 4) is 0 Å². The van der Waals surface area contributed by atoms with Gasteiger partial charge in [-0.25, -0.2) is 4.79 Å². The van der Waals surface area contributed by atoms with Crippen molar-refractivity contribution in [2.24, 2.45) is 0 Å². The van der Waals surface area contributed by atoms with Gasteiger partial charge in [0.2, 0.25) is 0 Å². The average Bonchev–Trinajstić information content (AvgIpc) is 2.35. The Morgan fingerprint density at radius 2 is 1.67 bits per heavy atom. The van der Waals surface area contributed by atoms with Crippen molar-refractivity contribution in [3.05, 3.63) is 24.3 Å². The maximum Gasteiger partial charge on any atom is 0.333 e. The predicted molar refractivity (Wildman–Crippen MR) is 77.5 cm³/mol. The van der Waals surface area contributed by atoms with Crippen LogP contribution >= 0.6 is 0 Å². The summed E-state index contributed by atoms with van der Waals surface area (Å²) >= 11 is 0. The van der Waals surface area contributed by atoms with Crippen LogP contribution in [0.1, 0.15) is 65.2 Å². The molecule has 0 aromatic heterocycles. The zero-order valence-electron chi connectivity index (χ0n) is 12.0. The number of rotatable bonds is 11. The minimum atomic E-state index is -0.310. The van der Waals surface area contributed by atoms with Crippen molar-refractivity contribution in [1.82, 2.24) is 0 Å². The Morgan fingerprint density at radius 3 is 2.28 bits per heavy atom. The topological polar surface area (TPSA) is 26.3 Å². The van der Waals surface area contributed by atoms with E-state index in [0.29, 0.717) is 12.2 Å². The van der Waals surface area contributed by atoms with E-state index >= 15 is 0 Å². The Morgan fingerprint density at radius 1 is 1.06 bits per heavy atom. The molecule has 0 unspecified atom stereocenters. The third kappa shape index (κ3) is 11.4. The highest BCUT2D eigenvalue weighted by Gasteiger charge is 1.99. The fourth-order valence-electron chi connectivity index (χ4n) is 1.65. The Hall–Kier alpha value is -1.05. The number of ether oxygens (including phenoxy) is 1. The van der Waals surface area contributed by atoms with Crippen molar-refractivity contribution in [3.63, 3.8) is 0 Å². The molecule has 0 heterocycles. The highest BCUT2D eigenvalue weighted by atomic mass is 16.5. The van der Waals surface area contributed by atoms with E-state index in [0.717, 1.165) is 6.42 Å². The van der Waals surface area contributed by atoms with Crippen molar-refractivity contribution >= 4 is 5.97 Å². The summed E-state index contributed by atoms with van der Waals surface area (Å²) in [5, 5.41) is 0. The largest absolute Gasteiger partial charge is 0.458 e. The molecule has 0 aromatic rings. The lowest BCUT2D eigenvalue weighted by atomic mass is 10.1. The fourth-order valence-corrected chi connectivity index (χ4v) is 1.65. The first kappa shape index (κ1) is 16.9. The van der Waals surface area contributed by atoms with E-state index in [4.69, 9.17) is 4.74 Å². The maximum atomic E-state index is 11.0. The summed E-state index contributed by atoms with van der Waals surface area (Å²) in [6.45, 7) is 7.79. The summed E-state index contributed by atoms with van der Waals surface area (Å²) < 4.78 is 4.95. The number of hydrogen-bond donors (Lipinski definition) is 0. The fraction of sp³-hybridized carbons (Fsp3) is 0.688. The first-order valence-corrected chi connectivity index (χ1v) is 7.16. The molecule has 0 radical (unpaired) electrons. The van der Waals surface area contributed by atoms with E-state index in [1.165, 1.54) is 44.9 Å². The molecule has 0 atom stereocenters. The van der Waals surface area contributed by atoms with Crippen LogP contribution in [-0.4, -0.2) is 12.6 Å². The van der Waals surface area contributed by atoms with Gasteiger partial charge in [0, 0.05) is 5.57 Å². The third-order valence-corrected chi connectivity index (χ3v) is 2.80. The van der Waals surface area contributed by atoms with Crippen molar-refractivity contribution in [2.45, 2.75) is 65.2 Å². The zero-order chi connectivity index (χ0) is 13.6. The van der Waals surface area contributed by atoms with E-state index in [-0.39, 0.29) is 5.97 Å². The highest BCUT2D eigenvalue weighted by molar-refractivity contribution is 5.86. The summed E-state index contributed by atoms with van der Waals surface area (Å²) in [6, 6.07) is 0. The summed E-state index contributed by atoms with van der Waals surface area (Å²) in [5.74, 6) is -0.310. The van der Waals surface area contributed by atoms with Gasteiger partial charge in [0.1, 0.15) is 6.61 Å². The summed E-state index contributed by atoms with van der Waals surface area (Å²) in [7, 11) is 0. The summed E-state index contributed by atoms with van der Waals surface area (Å²) in [6.07, 6.45) is 14.4. The molecular formula is C16H28O2. The van der Waals surface area contributed by atoms with Gasteiger partial charge in [0.05, 0.1) is 0 Å². The second kappa shape index (κ2) is 12.4. The Kier molecular flexibility index (Phi) is 11.7. The smallest absolute Gasteiger partial charge is 0.333 e. The molecule has 0 saturated heterocycles. The third-order valence-electron chi connectivity index (χ3n) is 2.80. The molecule has 0 N–H and O–H groups in total. The molecule has 18 heavy (non-hydrogen) atoms. The van der Waals surface area contributed by atoms with Crippen molar-refractivity contribution in [1.29, 1.82) is 0 Å². The Labute approximate surface area is 112 Å². The van der Waals surface area contributed by atoms with Crippen LogP contribution in [0.3, 0.4) is 0 Å². The van der Waals surface area contributed by atoms with Crippen molar-refractivity contribution < 1.29 is 9.53 Å². The molecule has 0 spiro atoms. The first-order chi connectivity index (χ1) is 8.68. The molecule has 0 saturated carbocycles. The monoisotopic (exact) mass is 252 g/mol. The second-order valence-corrected chi connectivity index (χ2v) is 4.76. The molecular weight excluding hydrogens is 224 g/mol. The molecule has 0 amide bonds. The van der Waals surface area contributed by atoms with Crippen LogP contribution in [-0.2, 0) is 9.53 Å². The normalized spacial score (nSPS) is 10.8. The van der Waals surface area contributed by atoms with E-state index in [1.807, 2.05) is 6.08 Å². The molecule has 0 bridgehead atoms. The molecule has 0 fully saturated rings. The Balaban J connectivity index is 3.23. The van der Waals surface area contributed by atoms with Crippen LogP contribution in [0.25, 0.3) is 0 Å². The summed E-state index contributed by atoms with van der Waals surface area (Å²) in [5.41, 5.74) is 0.454. The van der Waals surface area contributed by atoms with Crippen molar-refractivity contribution in [2.75, 3.05) is 6.61 Å². The van der Waals surface area contributed by atoms with Crippen LogP contribution in [0.15, 0.2) is 24.3 Å². The molecule has 0 rings (SSSR count). The van der Waals surface area contributed by atoms with Gasteiger partial charge < -0.3 is 4.74 Å². The molecule has 2 heteroatoms. The predicted octanol–water partition coefficient (Wildman–Crippen LogP) is 4.80. The number of unbranched alkanes of at least 4 members (excludes halogenated alkanes) is 7. The Bertz CT molecular complexity index is 254.